The van der Waals surface area contributed by atoms with Crippen molar-refractivity contribution in [1.29, 1.82) is 0 Å². The normalized spacial score (nSPS) is 12.1. The van der Waals surface area contributed by atoms with Crippen molar-refractivity contribution in [1.82, 2.24) is 15.0 Å². The van der Waals surface area contributed by atoms with Gasteiger partial charge in [0.05, 0.1) is 41.5 Å². The molecule has 1 atom stereocenters. The molecule has 142 valence electrons. The first-order valence-corrected chi connectivity index (χ1v) is 9.36. The Kier molecular flexibility index (Phi) is 5.87. The third-order valence-corrected chi connectivity index (χ3v) is 4.84. The van der Waals surface area contributed by atoms with Gasteiger partial charge in [-0.05, 0) is 6.07 Å². The van der Waals surface area contributed by atoms with E-state index >= 15 is 0 Å². The molecule has 0 aliphatic carbocycles. The van der Waals surface area contributed by atoms with Gasteiger partial charge >= 0.3 is 0 Å². The summed E-state index contributed by atoms with van der Waals surface area (Å²) in [6.07, 6.45) is 1.38. The number of nitrogens with one attached hydrogen (secondary N) is 1. The van der Waals surface area contributed by atoms with Crippen molar-refractivity contribution in [3.8, 4) is 22.9 Å². The van der Waals surface area contributed by atoms with Crippen LogP contribution >= 0.6 is 34.8 Å². The molecule has 2 aromatic heterocycles. The fourth-order valence-electron chi connectivity index (χ4n) is 2.36. The van der Waals surface area contributed by atoms with Crippen LogP contribution in [0, 0.1) is 0 Å². The monoisotopic (exact) mass is 447 g/mol. The van der Waals surface area contributed by atoms with Crippen molar-refractivity contribution in [3.05, 3.63) is 33.5 Å². The van der Waals surface area contributed by atoms with E-state index in [0.717, 1.165) is 0 Å². The number of hydrogen-bond acceptors (Lipinski definition) is 7. The Labute approximate surface area is 171 Å². The number of fused-ring (bicyclic) bond motifs is 1. The van der Waals surface area contributed by atoms with Crippen LogP contribution in [-0.2, 0) is 11.3 Å². The highest BCUT2D eigenvalue weighted by atomic mass is 35.5. The van der Waals surface area contributed by atoms with Crippen LogP contribution in [0.3, 0.4) is 0 Å². The maximum atomic E-state index is 11.2. The molecule has 0 amide bonds. The van der Waals surface area contributed by atoms with Crippen molar-refractivity contribution in [2.24, 2.45) is 0 Å². The van der Waals surface area contributed by atoms with E-state index in [0.29, 0.717) is 10.9 Å². The molecule has 2 heterocycles. The maximum absolute atomic E-state index is 11.2. The van der Waals surface area contributed by atoms with Gasteiger partial charge in [-0.15, -0.1) is 0 Å². The number of ether oxygens (including phenoxy) is 2. The van der Waals surface area contributed by atoms with Gasteiger partial charge in [-0.25, -0.2) is 15.0 Å². The van der Waals surface area contributed by atoms with E-state index in [1.54, 1.807) is 0 Å². The quantitative estimate of drug-likeness (QED) is 0.466. The Morgan fingerprint density at radius 1 is 1.07 bits per heavy atom. The molecule has 3 rings (SSSR count). The number of methoxy groups -OCH3 is 2. The van der Waals surface area contributed by atoms with E-state index in [9.17, 15) is 8.76 Å². The highest BCUT2D eigenvalue weighted by Crippen LogP contribution is 2.45. The average molecular weight is 449 g/mol. The second-order valence-corrected chi connectivity index (χ2v) is 6.86. The summed E-state index contributed by atoms with van der Waals surface area (Å²) in [5.41, 5.74) is 0.539. The third kappa shape index (κ3) is 3.87. The van der Waals surface area contributed by atoms with E-state index in [-0.39, 0.29) is 43.9 Å². The first-order valence-electron chi connectivity index (χ1n) is 7.15. The van der Waals surface area contributed by atoms with Gasteiger partial charge in [0.2, 0.25) is 0 Å². The molecule has 0 bridgehead atoms. The molecule has 8 nitrogen and oxygen atoms in total. The van der Waals surface area contributed by atoms with E-state index in [4.69, 9.17) is 44.3 Å². The average Bonchev–Trinajstić information content (AvgIpc) is 2.62. The SMILES string of the molecule is COc1cc(OC)c(Cl)c(-c2nc(NS(=O)[O-])c3cc(Cl)ncc3n2)c1Cl. The van der Waals surface area contributed by atoms with Crippen LogP contribution in [0.5, 0.6) is 11.5 Å². The zero-order chi connectivity index (χ0) is 19.7. The lowest BCUT2D eigenvalue weighted by Gasteiger charge is -2.16. The highest BCUT2D eigenvalue weighted by molar-refractivity contribution is 7.80. The number of pyridine rings is 1. The Balaban J connectivity index is 2.35. The molecular formula is C15H10Cl3N4O4S-. The van der Waals surface area contributed by atoms with Crippen molar-refractivity contribution < 1.29 is 18.2 Å². The molecule has 0 fully saturated rings. The van der Waals surface area contributed by atoms with Gasteiger partial charge in [-0.1, -0.05) is 34.8 Å². The van der Waals surface area contributed by atoms with Crippen LogP contribution in [0.4, 0.5) is 5.82 Å². The standard InChI is InChI=1S/C15H11Cl3N4O4S/c1-25-8-4-9(26-2)13(18)11(12(8)17)15-20-7-5-19-10(16)3-6(7)14(21-15)22-27(23)24/h3-5H,1-2H3,(H,23,24)(H,20,21,22)/p-1. The summed E-state index contributed by atoms with van der Waals surface area (Å²) in [5, 5.41) is 0.778. The molecule has 12 heteroatoms. The van der Waals surface area contributed by atoms with Crippen LogP contribution < -0.4 is 14.2 Å². The molecule has 1 aromatic carbocycles. The summed E-state index contributed by atoms with van der Waals surface area (Å²) in [6.45, 7) is 0. The minimum Gasteiger partial charge on any atom is -0.755 e. The molecule has 1 unspecified atom stereocenters. The van der Waals surface area contributed by atoms with E-state index in [1.165, 1.54) is 32.5 Å². The maximum Gasteiger partial charge on any atom is 0.165 e. The number of halogens is 3. The predicted octanol–water partition coefficient (Wildman–Crippen LogP) is 3.88. The first kappa shape index (κ1) is 19.8. The van der Waals surface area contributed by atoms with Crippen LogP contribution in [0.2, 0.25) is 15.2 Å². The Morgan fingerprint density at radius 3 is 2.26 bits per heavy atom. The number of rotatable bonds is 5. The van der Waals surface area contributed by atoms with E-state index < -0.39 is 11.3 Å². The van der Waals surface area contributed by atoms with Gasteiger partial charge in [0.15, 0.2) is 5.82 Å². The smallest absolute Gasteiger partial charge is 0.165 e. The number of nitrogens with zero attached hydrogens (tertiary/aromatic N) is 3. The Morgan fingerprint density at radius 2 is 1.70 bits per heavy atom. The van der Waals surface area contributed by atoms with Gasteiger partial charge < -0.3 is 14.0 Å². The highest BCUT2D eigenvalue weighted by Gasteiger charge is 2.22. The number of anilines is 1. The van der Waals surface area contributed by atoms with Crippen molar-refractivity contribution in [3.63, 3.8) is 0 Å². The summed E-state index contributed by atoms with van der Waals surface area (Å²) < 4.78 is 35.0. The molecule has 0 saturated heterocycles. The molecule has 0 saturated carbocycles. The molecule has 3 aromatic rings. The topological polar surface area (TPSA) is 109 Å². The largest absolute Gasteiger partial charge is 0.755 e. The summed E-state index contributed by atoms with van der Waals surface area (Å²) in [4.78, 5) is 12.6. The van der Waals surface area contributed by atoms with E-state index in [2.05, 4.69) is 19.7 Å². The summed E-state index contributed by atoms with van der Waals surface area (Å²) in [6, 6.07) is 2.95. The van der Waals surface area contributed by atoms with Gasteiger partial charge in [-0.2, -0.15) is 0 Å². The molecule has 1 N–H and O–H groups in total. The lowest BCUT2D eigenvalue weighted by molar-refractivity contribution is 0.395. The van der Waals surface area contributed by atoms with Gasteiger partial charge in [0, 0.05) is 22.7 Å². The lowest BCUT2D eigenvalue weighted by Crippen LogP contribution is -2.07. The Hall–Kier alpha value is -1.91. The van der Waals surface area contributed by atoms with Crippen LogP contribution in [0.1, 0.15) is 0 Å². The van der Waals surface area contributed by atoms with Crippen molar-refractivity contribution in [2.75, 3.05) is 18.9 Å². The van der Waals surface area contributed by atoms with Crippen LogP contribution in [0.25, 0.3) is 22.3 Å². The molecule has 0 radical (unpaired) electrons. The molecule has 0 aliphatic heterocycles. The van der Waals surface area contributed by atoms with Crippen LogP contribution in [-0.4, -0.2) is 37.9 Å². The fourth-order valence-corrected chi connectivity index (χ4v) is 3.50. The number of aromatic nitrogens is 3. The van der Waals surface area contributed by atoms with Crippen molar-refractivity contribution in [2.45, 2.75) is 0 Å². The molecule has 0 spiro atoms. The van der Waals surface area contributed by atoms with Gasteiger partial charge in [0.25, 0.3) is 0 Å². The molecule has 0 aliphatic rings. The minimum absolute atomic E-state index is 0.0125. The van der Waals surface area contributed by atoms with Gasteiger partial charge in [-0.3, -0.25) is 8.93 Å². The fraction of sp³-hybridized carbons (Fsp3) is 0.133. The summed E-state index contributed by atoms with van der Waals surface area (Å²) in [7, 11) is 2.86. The van der Waals surface area contributed by atoms with Gasteiger partial charge in [0.1, 0.15) is 22.5 Å². The zero-order valence-electron chi connectivity index (χ0n) is 13.7. The molecular weight excluding hydrogens is 439 g/mol. The summed E-state index contributed by atoms with van der Waals surface area (Å²) in [5.74, 6) is 0.605. The van der Waals surface area contributed by atoms with E-state index in [1.807, 2.05) is 0 Å². The number of hydrogen-bond donors (Lipinski definition) is 1. The third-order valence-electron chi connectivity index (χ3n) is 3.53. The van der Waals surface area contributed by atoms with Crippen molar-refractivity contribution >= 4 is 62.8 Å². The summed E-state index contributed by atoms with van der Waals surface area (Å²) >= 11 is 16.0. The first-order chi connectivity index (χ1) is 12.8. The predicted molar refractivity (Wildman–Crippen MR) is 103 cm³/mol. The minimum atomic E-state index is -2.64. The lowest BCUT2D eigenvalue weighted by atomic mass is 10.1. The molecule has 27 heavy (non-hydrogen) atoms. The van der Waals surface area contributed by atoms with Crippen LogP contribution in [0.15, 0.2) is 18.3 Å². The second-order valence-electron chi connectivity index (χ2n) is 5.04. The number of benzene rings is 1. The Bertz CT molecular complexity index is 1040. The zero-order valence-corrected chi connectivity index (χ0v) is 16.8. The second kappa shape index (κ2) is 7.99.